The van der Waals surface area contributed by atoms with Crippen molar-refractivity contribution in [1.29, 1.82) is 0 Å². The highest BCUT2D eigenvalue weighted by atomic mass is 16.5. The number of anilines is 1. The molecule has 2 N–H and O–H groups in total. The van der Waals surface area contributed by atoms with Gasteiger partial charge in [0.05, 0.1) is 13.2 Å². The van der Waals surface area contributed by atoms with E-state index in [9.17, 15) is 4.79 Å². The van der Waals surface area contributed by atoms with E-state index in [-0.39, 0.29) is 11.9 Å². The summed E-state index contributed by atoms with van der Waals surface area (Å²) in [6.45, 7) is 2.54. The van der Waals surface area contributed by atoms with Crippen molar-refractivity contribution in [1.82, 2.24) is 15.3 Å². The van der Waals surface area contributed by atoms with Gasteiger partial charge in [-0.15, -0.1) is 0 Å². The summed E-state index contributed by atoms with van der Waals surface area (Å²) in [7, 11) is 1.64. The number of aromatic nitrogens is 2. The van der Waals surface area contributed by atoms with Crippen LogP contribution in [0.1, 0.15) is 34.6 Å². The zero-order chi connectivity index (χ0) is 19.8. The number of nitrogens with zero attached hydrogens (tertiary/aromatic N) is 2. The van der Waals surface area contributed by atoms with Gasteiger partial charge in [-0.2, -0.15) is 0 Å². The smallest absolute Gasteiger partial charge is 0.270 e. The maximum atomic E-state index is 12.4. The molecule has 1 aromatic heterocycles. The van der Waals surface area contributed by atoms with E-state index in [1.54, 1.807) is 19.4 Å². The highest BCUT2D eigenvalue weighted by molar-refractivity contribution is 5.92. The van der Waals surface area contributed by atoms with Gasteiger partial charge in [-0.1, -0.05) is 42.5 Å². The van der Waals surface area contributed by atoms with E-state index in [2.05, 4.69) is 20.6 Å². The molecule has 0 aliphatic heterocycles. The Bertz CT molecular complexity index is 915. The lowest BCUT2D eigenvalue weighted by Crippen LogP contribution is -2.27. The first kappa shape index (κ1) is 19.4. The fraction of sp³-hybridized carbons (Fsp3) is 0.227. The number of rotatable bonds is 8. The summed E-state index contributed by atoms with van der Waals surface area (Å²) in [5, 5.41) is 6.13. The fourth-order valence-corrected chi connectivity index (χ4v) is 2.81. The average molecular weight is 376 g/mol. The summed E-state index contributed by atoms with van der Waals surface area (Å²) < 4.78 is 5.22. The minimum atomic E-state index is -0.222. The van der Waals surface area contributed by atoms with E-state index in [0.717, 1.165) is 16.9 Å². The molecule has 6 nitrogen and oxygen atoms in total. The molecule has 1 atom stereocenters. The third kappa shape index (κ3) is 5.30. The van der Waals surface area contributed by atoms with E-state index in [1.165, 1.54) is 0 Å². The minimum Gasteiger partial charge on any atom is -0.497 e. The second-order valence-electron chi connectivity index (χ2n) is 6.40. The third-order valence-electron chi connectivity index (χ3n) is 4.37. The summed E-state index contributed by atoms with van der Waals surface area (Å²) in [5.74, 6) is 1.01. The lowest BCUT2D eigenvalue weighted by Gasteiger charge is -2.14. The predicted octanol–water partition coefficient (Wildman–Crippen LogP) is 3.63. The molecule has 0 radical (unpaired) electrons. The first-order chi connectivity index (χ1) is 13.7. The van der Waals surface area contributed by atoms with Crippen LogP contribution in [0.5, 0.6) is 5.75 Å². The van der Waals surface area contributed by atoms with Gasteiger partial charge in [-0.05, 0) is 42.7 Å². The zero-order valence-corrected chi connectivity index (χ0v) is 16.1. The number of methoxy groups -OCH3 is 1. The maximum absolute atomic E-state index is 12.4. The highest BCUT2D eigenvalue weighted by Crippen LogP contribution is 2.16. The van der Waals surface area contributed by atoms with Crippen LogP contribution in [0.15, 0.2) is 66.9 Å². The maximum Gasteiger partial charge on any atom is 0.270 e. The van der Waals surface area contributed by atoms with Crippen molar-refractivity contribution in [3.05, 3.63) is 83.7 Å². The van der Waals surface area contributed by atoms with Crippen molar-refractivity contribution in [2.24, 2.45) is 0 Å². The second kappa shape index (κ2) is 9.50. The highest BCUT2D eigenvalue weighted by Gasteiger charge is 2.11. The van der Waals surface area contributed by atoms with Gasteiger partial charge in [0, 0.05) is 12.7 Å². The van der Waals surface area contributed by atoms with Crippen LogP contribution >= 0.6 is 0 Å². The topological polar surface area (TPSA) is 76.1 Å². The molecule has 0 saturated carbocycles. The molecule has 0 saturated heterocycles. The predicted molar refractivity (Wildman–Crippen MR) is 110 cm³/mol. The van der Waals surface area contributed by atoms with Gasteiger partial charge in [0.2, 0.25) is 5.95 Å². The molecule has 0 fully saturated rings. The SMILES string of the molecule is COc1cccc(CCNC(=O)c2ccnc(NC(C)c3ccccc3)n2)c1. The molecule has 28 heavy (non-hydrogen) atoms. The van der Waals surface area contributed by atoms with Crippen LogP contribution in [-0.4, -0.2) is 29.5 Å². The van der Waals surface area contributed by atoms with Crippen molar-refractivity contribution >= 4 is 11.9 Å². The van der Waals surface area contributed by atoms with E-state index in [1.807, 2.05) is 61.5 Å². The van der Waals surface area contributed by atoms with Crippen molar-refractivity contribution in [2.75, 3.05) is 19.0 Å². The normalized spacial score (nSPS) is 11.5. The number of amides is 1. The molecular formula is C22H24N4O2. The monoisotopic (exact) mass is 376 g/mol. The standard InChI is InChI=1S/C22H24N4O2/c1-16(18-8-4-3-5-9-18)25-22-24-14-12-20(26-22)21(27)23-13-11-17-7-6-10-19(15-17)28-2/h3-10,12,14-16H,11,13H2,1-2H3,(H,23,27)(H,24,25,26). The van der Waals surface area contributed by atoms with Gasteiger partial charge in [-0.25, -0.2) is 9.97 Å². The van der Waals surface area contributed by atoms with Crippen molar-refractivity contribution < 1.29 is 9.53 Å². The van der Waals surface area contributed by atoms with Crippen LogP contribution in [0.4, 0.5) is 5.95 Å². The molecule has 1 heterocycles. The van der Waals surface area contributed by atoms with Gasteiger partial charge in [0.25, 0.3) is 5.91 Å². The molecule has 0 bridgehead atoms. The Balaban J connectivity index is 1.56. The van der Waals surface area contributed by atoms with Crippen molar-refractivity contribution in [3.63, 3.8) is 0 Å². The Morgan fingerprint density at radius 2 is 1.93 bits per heavy atom. The van der Waals surface area contributed by atoms with Gasteiger partial charge in [0.1, 0.15) is 11.4 Å². The molecule has 1 unspecified atom stereocenters. The van der Waals surface area contributed by atoms with Crippen molar-refractivity contribution in [3.8, 4) is 5.75 Å². The molecule has 0 aliphatic carbocycles. The largest absolute Gasteiger partial charge is 0.497 e. The van der Waals surface area contributed by atoms with E-state index >= 15 is 0 Å². The molecule has 6 heteroatoms. The summed E-state index contributed by atoms with van der Waals surface area (Å²) >= 11 is 0. The molecule has 2 aromatic carbocycles. The van der Waals surface area contributed by atoms with Gasteiger partial charge in [-0.3, -0.25) is 4.79 Å². The number of carbonyl (C=O) groups excluding carboxylic acids is 1. The van der Waals surface area contributed by atoms with Gasteiger partial charge < -0.3 is 15.4 Å². The van der Waals surface area contributed by atoms with Gasteiger partial charge in [0.15, 0.2) is 0 Å². The first-order valence-corrected chi connectivity index (χ1v) is 9.21. The summed E-state index contributed by atoms with van der Waals surface area (Å²) in [5.41, 5.74) is 2.56. The zero-order valence-electron chi connectivity index (χ0n) is 16.1. The molecule has 3 rings (SSSR count). The van der Waals surface area contributed by atoms with Crippen LogP contribution < -0.4 is 15.4 Å². The Morgan fingerprint density at radius 1 is 1.11 bits per heavy atom. The minimum absolute atomic E-state index is 0.0348. The number of benzene rings is 2. The number of hydrogen-bond acceptors (Lipinski definition) is 5. The van der Waals surface area contributed by atoms with Crippen LogP contribution in [0.25, 0.3) is 0 Å². The second-order valence-corrected chi connectivity index (χ2v) is 6.40. The molecule has 0 aliphatic rings. The molecule has 0 spiro atoms. The molecule has 144 valence electrons. The molecule has 1 amide bonds. The summed E-state index contributed by atoms with van der Waals surface area (Å²) in [6.07, 6.45) is 2.30. The molecular weight excluding hydrogens is 352 g/mol. The fourth-order valence-electron chi connectivity index (χ4n) is 2.81. The Morgan fingerprint density at radius 3 is 2.71 bits per heavy atom. The lowest BCUT2D eigenvalue weighted by molar-refractivity contribution is 0.0949. The van der Waals surface area contributed by atoms with E-state index < -0.39 is 0 Å². The van der Waals surface area contributed by atoms with Crippen LogP contribution in [-0.2, 0) is 6.42 Å². The van der Waals surface area contributed by atoms with Crippen LogP contribution in [0.3, 0.4) is 0 Å². The lowest BCUT2D eigenvalue weighted by atomic mass is 10.1. The Kier molecular flexibility index (Phi) is 6.57. The first-order valence-electron chi connectivity index (χ1n) is 9.21. The van der Waals surface area contributed by atoms with E-state index in [4.69, 9.17) is 4.74 Å². The number of hydrogen-bond donors (Lipinski definition) is 2. The van der Waals surface area contributed by atoms with E-state index in [0.29, 0.717) is 24.6 Å². The summed E-state index contributed by atoms with van der Waals surface area (Å²) in [4.78, 5) is 21.0. The Hall–Kier alpha value is -3.41. The van der Waals surface area contributed by atoms with Crippen LogP contribution in [0, 0.1) is 0 Å². The van der Waals surface area contributed by atoms with Crippen LogP contribution in [0.2, 0.25) is 0 Å². The number of carbonyl (C=O) groups is 1. The quantitative estimate of drug-likeness (QED) is 0.628. The number of ether oxygens (including phenoxy) is 1. The summed E-state index contributed by atoms with van der Waals surface area (Å²) in [6, 6.07) is 19.5. The van der Waals surface area contributed by atoms with Gasteiger partial charge >= 0.3 is 0 Å². The van der Waals surface area contributed by atoms with Crippen molar-refractivity contribution in [2.45, 2.75) is 19.4 Å². The molecule has 3 aromatic rings. The third-order valence-corrected chi connectivity index (χ3v) is 4.37. The Labute approximate surface area is 165 Å². The number of nitrogens with one attached hydrogen (secondary N) is 2. The average Bonchev–Trinajstić information content (AvgIpc) is 2.74.